The van der Waals surface area contributed by atoms with Crippen LogP contribution in [-0.4, -0.2) is 48.5 Å². The molecule has 4 aromatic heterocycles. The summed E-state index contributed by atoms with van der Waals surface area (Å²) in [5.74, 6) is 0.183. The van der Waals surface area contributed by atoms with E-state index in [0.717, 1.165) is 82.9 Å². The van der Waals surface area contributed by atoms with Gasteiger partial charge >= 0.3 is 0 Å². The van der Waals surface area contributed by atoms with Gasteiger partial charge in [-0.25, -0.2) is 9.97 Å². The molecule has 1 aliphatic heterocycles. The number of likely N-dealkylation sites (tertiary alicyclic amines) is 1. The fourth-order valence-electron chi connectivity index (χ4n) is 5.92. The Morgan fingerprint density at radius 1 is 0.907 bits per heavy atom. The molecule has 1 aliphatic rings. The lowest BCUT2D eigenvalue weighted by atomic mass is 9.95. The van der Waals surface area contributed by atoms with Crippen LogP contribution in [0.15, 0.2) is 97.3 Å². The summed E-state index contributed by atoms with van der Waals surface area (Å²) in [5.41, 5.74) is 8.78. The lowest BCUT2D eigenvalue weighted by molar-refractivity contribution is -0.126. The number of nitrogens with zero attached hydrogens (tertiary/aromatic N) is 6. The molecule has 0 spiro atoms. The first-order valence-corrected chi connectivity index (χ1v) is 14.8. The van der Waals surface area contributed by atoms with Gasteiger partial charge in [-0.2, -0.15) is 9.61 Å². The van der Waals surface area contributed by atoms with E-state index in [1.165, 1.54) is 5.56 Å². The molecular weight excluding hydrogens is 534 g/mol. The van der Waals surface area contributed by atoms with E-state index < -0.39 is 0 Å². The van der Waals surface area contributed by atoms with Crippen LogP contribution in [0.1, 0.15) is 29.8 Å². The van der Waals surface area contributed by atoms with Gasteiger partial charge in [0.25, 0.3) is 0 Å². The maximum absolute atomic E-state index is 12.7. The Kier molecular flexibility index (Phi) is 7.35. The molecule has 0 radical (unpaired) electrons. The highest BCUT2D eigenvalue weighted by atomic mass is 16.1. The van der Waals surface area contributed by atoms with Crippen LogP contribution in [0.3, 0.4) is 0 Å². The highest BCUT2D eigenvalue weighted by molar-refractivity contribution is 5.90. The average molecular weight is 568 g/mol. The molecule has 214 valence electrons. The summed E-state index contributed by atoms with van der Waals surface area (Å²) in [6.45, 7) is 5.12. The molecular formula is C35H33N7O. The summed E-state index contributed by atoms with van der Waals surface area (Å²) < 4.78 is 1.83. The summed E-state index contributed by atoms with van der Waals surface area (Å²) in [7, 11) is 0. The Labute approximate surface area is 250 Å². The largest absolute Gasteiger partial charge is 0.350 e. The molecule has 7 rings (SSSR count). The van der Waals surface area contributed by atoms with Gasteiger partial charge in [-0.15, -0.1) is 0 Å². The number of aromatic nitrogens is 5. The van der Waals surface area contributed by atoms with Gasteiger partial charge < -0.3 is 5.32 Å². The van der Waals surface area contributed by atoms with E-state index in [-0.39, 0.29) is 11.8 Å². The van der Waals surface area contributed by atoms with Crippen LogP contribution in [-0.2, 0) is 17.9 Å². The number of benzene rings is 2. The summed E-state index contributed by atoms with van der Waals surface area (Å²) >= 11 is 0. The highest BCUT2D eigenvalue weighted by Gasteiger charge is 2.25. The monoisotopic (exact) mass is 567 g/mol. The highest BCUT2D eigenvalue weighted by Crippen LogP contribution is 2.34. The fraction of sp³-hybridized carbons (Fsp3) is 0.229. The molecule has 1 fully saturated rings. The smallest absolute Gasteiger partial charge is 0.223 e. The van der Waals surface area contributed by atoms with Crippen LogP contribution >= 0.6 is 0 Å². The number of fused-ring (bicyclic) bond motifs is 3. The van der Waals surface area contributed by atoms with Crippen LogP contribution in [0, 0.1) is 12.8 Å². The third-order valence-electron chi connectivity index (χ3n) is 8.23. The zero-order valence-electron chi connectivity index (χ0n) is 24.1. The number of carbonyl (C=O) groups excluding carboxylic acids is 1. The Balaban J connectivity index is 1.07. The Bertz CT molecular complexity index is 1880. The molecule has 0 bridgehead atoms. The van der Waals surface area contributed by atoms with E-state index in [1.807, 2.05) is 48.0 Å². The number of rotatable bonds is 7. The van der Waals surface area contributed by atoms with E-state index >= 15 is 0 Å². The number of amides is 1. The van der Waals surface area contributed by atoms with Gasteiger partial charge in [-0.05, 0) is 62.2 Å². The van der Waals surface area contributed by atoms with Gasteiger partial charge in [0.05, 0.1) is 23.6 Å². The van der Waals surface area contributed by atoms with Crippen molar-refractivity contribution in [3.05, 3.63) is 114 Å². The van der Waals surface area contributed by atoms with Gasteiger partial charge in [0.2, 0.25) is 5.91 Å². The van der Waals surface area contributed by atoms with Crippen molar-refractivity contribution in [1.29, 1.82) is 0 Å². The molecule has 0 aliphatic carbocycles. The van der Waals surface area contributed by atoms with Crippen LogP contribution in [0.4, 0.5) is 0 Å². The summed E-state index contributed by atoms with van der Waals surface area (Å²) in [6.07, 6.45) is 5.36. The van der Waals surface area contributed by atoms with Crippen LogP contribution < -0.4 is 5.32 Å². The summed E-state index contributed by atoms with van der Waals surface area (Å²) in [5, 5.41) is 8.66. The zero-order chi connectivity index (χ0) is 29.2. The number of piperidine rings is 1. The molecule has 43 heavy (non-hydrogen) atoms. The van der Waals surface area contributed by atoms with Crippen LogP contribution in [0.25, 0.3) is 39.1 Å². The fourth-order valence-corrected chi connectivity index (χ4v) is 5.92. The molecule has 1 saturated heterocycles. The van der Waals surface area contributed by atoms with Crippen molar-refractivity contribution in [2.75, 3.05) is 13.1 Å². The molecule has 1 amide bonds. The SMILES string of the molecule is Cc1cc2ncc3cc(-c4ccccc4)c(-c4ccc(CN5CCC(C(=O)NCc6ccccn6)CC5)cc4)nc3n2n1. The zero-order valence-corrected chi connectivity index (χ0v) is 24.1. The number of nitrogens with one attached hydrogen (secondary N) is 1. The normalized spacial score (nSPS) is 14.3. The van der Waals surface area contributed by atoms with E-state index in [0.29, 0.717) is 6.54 Å². The minimum absolute atomic E-state index is 0.0537. The van der Waals surface area contributed by atoms with Gasteiger partial charge in [-0.3, -0.25) is 14.7 Å². The number of hydrogen-bond acceptors (Lipinski definition) is 6. The Morgan fingerprint density at radius 3 is 2.47 bits per heavy atom. The first-order chi connectivity index (χ1) is 21.1. The molecule has 6 aromatic rings. The maximum Gasteiger partial charge on any atom is 0.223 e. The van der Waals surface area contributed by atoms with E-state index in [4.69, 9.17) is 4.98 Å². The first-order valence-electron chi connectivity index (χ1n) is 14.8. The van der Waals surface area contributed by atoms with E-state index in [2.05, 4.69) is 79.9 Å². The van der Waals surface area contributed by atoms with Crippen LogP contribution in [0.5, 0.6) is 0 Å². The standard InChI is InChI=1S/C35H33N7O/c1-24-19-32-37-21-29-20-31(26-7-3-2-4-8-26)33(39-34(29)42(32)40-24)27-12-10-25(11-13-27)23-41-17-14-28(15-18-41)35(43)38-22-30-9-5-6-16-36-30/h2-13,16,19-21,28H,14-15,17-18,22-23H2,1H3,(H,38,43). The quantitative estimate of drug-likeness (QED) is 0.261. The van der Waals surface area contributed by atoms with Crippen molar-refractivity contribution in [2.24, 2.45) is 5.92 Å². The number of pyridine rings is 2. The third-order valence-corrected chi connectivity index (χ3v) is 8.23. The summed E-state index contributed by atoms with van der Waals surface area (Å²) in [4.78, 5) is 29.2. The maximum atomic E-state index is 12.7. The van der Waals surface area contributed by atoms with Gasteiger partial charge in [0.15, 0.2) is 11.3 Å². The molecule has 5 heterocycles. The van der Waals surface area contributed by atoms with Crippen LogP contribution in [0.2, 0.25) is 0 Å². The second-order valence-corrected chi connectivity index (χ2v) is 11.3. The van der Waals surface area contributed by atoms with Crippen molar-refractivity contribution in [2.45, 2.75) is 32.9 Å². The number of hydrogen-bond donors (Lipinski definition) is 1. The summed E-state index contributed by atoms with van der Waals surface area (Å²) in [6, 6.07) is 29.0. The predicted octanol–water partition coefficient (Wildman–Crippen LogP) is 5.84. The minimum atomic E-state index is 0.0537. The van der Waals surface area contributed by atoms with Crippen molar-refractivity contribution in [3.63, 3.8) is 0 Å². The lowest BCUT2D eigenvalue weighted by Gasteiger charge is -2.31. The molecule has 0 atom stereocenters. The second kappa shape index (κ2) is 11.7. The molecule has 8 nitrogen and oxygen atoms in total. The van der Waals surface area contributed by atoms with E-state index in [1.54, 1.807) is 6.20 Å². The molecule has 0 unspecified atom stereocenters. The number of aryl methyl sites for hydroxylation is 1. The second-order valence-electron chi connectivity index (χ2n) is 11.3. The van der Waals surface area contributed by atoms with Crippen molar-refractivity contribution in [3.8, 4) is 22.4 Å². The van der Waals surface area contributed by atoms with Gasteiger partial charge in [0.1, 0.15) is 0 Å². The Morgan fingerprint density at radius 2 is 1.70 bits per heavy atom. The van der Waals surface area contributed by atoms with Gasteiger partial charge in [-0.1, -0.05) is 60.7 Å². The molecule has 2 aromatic carbocycles. The lowest BCUT2D eigenvalue weighted by Crippen LogP contribution is -2.40. The average Bonchev–Trinajstić information content (AvgIpc) is 3.45. The molecule has 0 saturated carbocycles. The topological polar surface area (TPSA) is 88.3 Å². The van der Waals surface area contributed by atoms with Gasteiger partial charge in [0, 0.05) is 47.4 Å². The molecule has 8 heteroatoms. The first kappa shape index (κ1) is 26.9. The van der Waals surface area contributed by atoms with Crippen molar-refractivity contribution in [1.82, 2.24) is 34.8 Å². The minimum Gasteiger partial charge on any atom is -0.350 e. The molecule has 1 N–H and O–H groups in total. The predicted molar refractivity (Wildman–Crippen MR) is 168 cm³/mol. The van der Waals surface area contributed by atoms with E-state index in [9.17, 15) is 4.79 Å². The Hall–Kier alpha value is -4.95. The number of carbonyl (C=O) groups is 1. The van der Waals surface area contributed by atoms with Crippen molar-refractivity contribution >= 4 is 22.6 Å². The van der Waals surface area contributed by atoms with Crippen molar-refractivity contribution < 1.29 is 4.79 Å². The third kappa shape index (κ3) is 5.74.